The molecule has 0 aliphatic carbocycles. The molecule has 0 fully saturated rings. The second-order valence-corrected chi connectivity index (χ2v) is 6.85. The molecule has 1 N–H and O–H groups in total. The Balaban J connectivity index is 1.61. The second-order valence-electron chi connectivity index (χ2n) is 6.85. The van der Waals surface area contributed by atoms with Crippen molar-refractivity contribution in [1.29, 1.82) is 0 Å². The van der Waals surface area contributed by atoms with Crippen LogP contribution >= 0.6 is 0 Å². The molecular formula is C24H24O9. The number of hydrogen-bond donors (Lipinski definition) is 1. The summed E-state index contributed by atoms with van der Waals surface area (Å²) in [6.07, 6.45) is -1.00. The summed E-state index contributed by atoms with van der Waals surface area (Å²) in [5, 5.41) is 10.4. The number of rotatable bonds is 10. The van der Waals surface area contributed by atoms with Crippen molar-refractivity contribution in [2.75, 3.05) is 26.4 Å². The molecule has 9 nitrogen and oxygen atoms in total. The van der Waals surface area contributed by atoms with Gasteiger partial charge in [-0.2, -0.15) is 0 Å². The van der Waals surface area contributed by atoms with E-state index in [2.05, 4.69) is 0 Å². The van der Waals surface area contributed by atoms with Crippen molar-refractivity contribution in [2.24, 2.45) is 0 Å². The van der Waals surface area contributed by atoms with Gasteiger partial charge in [-0.25, -0.2) is 9.59 Å². The SMILES string of the molecule is CCOC(=O)c1ccc(OCC(O)COc2cccc3oc(C(=O)OCC)cc(=O)c23)cc1. The van der Waals surface area contributed by atoms with Gasteiger partial charge >= 0.3 is 11.9 Å². The molecule has 33 heavy (non-hydrogen) atoms. The van der Waals surface area contributed by atoms with Gasteiger partial charge in [0.25, 0.3) is 0 Å². The number of hydrogen-bond acceptors (Lipinski definition) is 9. The van der Waals surface area contributed by atoms with Crippen LogP contribution in [-0.2, 0) is 9.47 Å². The lowest BCUT2D eigenvalue weighted by Gasteiger charge is -2.14. The first kappa shape index (κ1) is 23.8. The van der Waals surface area contributed by atoms with E-state index >= 15 is 0 Å². The third kappa shape index (κ3) is 6.11. The highest BCUT2D eigenvalue weighted by atomic mass is 16.5. The molecule has 1 aromatic heterocycles. The van der Waals surface area contributed by atoms with Crippen molar-refractivity contribution in [2.45, 2.75) is 20.0 Å². The number of benzene rings is 2. The van der Waals surface area contributed by atoms with Crippen LogP contribution in [0.25, 0.3) is 11.0 Å². The topological polar surface area (TPSA) is 122 Å². The van der Waals surface area contributed by atoms with Gasteiger partial charge in [-0.3, -0.25) is 4.79 Å². The molecule has 3 rings (SSSR count). The second kappa shape index (κ2) is 11.1. The lowest BCUT2D eigenvalue weighted by molar-refractivity contribution is 0.0488. The summed E-state index contributed by atoms with van der Waals surface area (Å²) in [6.45, 7) is 3.58. The minimum absolute atomic E-state index is 0.0782. The average molecular weight is 456 g/mol. The van der Waals surface area contributed by atoms with E-state index in [1.807, 2.05) is 0 Å². The summed E-state index contributed by atoms with van der Waals surface area (Å²) in [4.78, 5) is 36.1. The van der Waals surface area contributed by atoms with Gasteiger partial charge in [0.15, 0.2) is 5.43 Å². The largest absolute Gasteiger partial charge is 0.491 e. The van der Waals surface area contributed by atoms with E-state index in [4.69, 9.17) is 23.4 Å². The fraction of sp³-hybridized carbons (Fsp3) is 0.292. The molecule has 3 aromatic rings. The molecule has 0 saturated carbocycles. The van der Waals surface area contributed by atoms with Crippen LogP contribution in [0.4, 0.5) is 0 Å². The number of esters is 2. The van der Waals surface area contributed by atoms with Crippen molar-refractivity contribution in [3.63, 3.8) is 0 Å². The molecule has 0 aliphatic rings. The maximum atomic E-state index is 12.5. The molecule has 0 spiro atoms. The molecule has 2 aromatic carbocycles. The van der Waals surface area contributed by atoms with Gasteiger partial charge < -0.3 is 28.5 Å². The fourth-order valence-electron chi connectivity index (χ4n) is 2.93. The molecule has 0 radical (unpaired) electrons. The first-order valence-electron chi connectivity index (χ1n) is 10.4. The van der Waals surface area contributed by atoms with Crippen LogP contribution in [0, 0.1) is 0 Å². The third-order valence-corrected chi connectivity index (χ3v) is 4.43. The van der Waals surface area contributed by atoms with Crippen LogP contribution in [0.5, 0.6) is 11.5 Å². The third-order valence-electron chi connectivity index (χ3n) is 4.43. The summed E-state index contributed by atoms with van der Waals surface area (Å²) in [5.41, 5.74) is 0.0896. The zero-order valence-electron chi connectivity index (χ0n) is 18.2. The maximum Gasteiger partial charge on any atom is 0.374 e. The van der Waals surface area contributed by atoms with Crippen molar-refractivity contribution < 1.29 is 38.1 Å². The molecule has 1 heterocycles. The fourth-order valence-corrected chi connectivity index (χ4v) is 2.93. The average Bonchev–Trinajstić information content (AvgIpc) is 2.81. The van der Waals surface area contributed by atoms with E-state index in [0.29, 0.717) is 11.3 Å². The number of aliphatic hydroxyl groups is 1. The zero-order chi connectivity index (χ0) is 23.8. The monoisotopic (exact) mass is 456 g/mol. The highest BCUT2D eigenvalue weighted by Crippen LogP contribution is 2.24. The molecule has 0 bridgehead atoms. The molecule has 1 unspecified atom stereocenters. The summed E-state index contributed by atoms with van der Waals surface area (Å²) in [5.74, 6) is -0.695. The van der Waals surface area contributed by atoms with Crippen molar-refractivity contribution in [3.8, 4) is 11.5 Å². The highest BCUT2D eigenvalue weighted by Gasteiger charge is 2.17. The van der Waals surface area contributed by atoms with Crippen LogP contribution in [0.15, 0.2) is 57.7 Å². The Hall–Kier alpha value is -3.85. The summed E-state index contributed by atoms with van der Waals surface area (Å²) < 4.78 is 26.4. The van der Waals surface area contributed by atoms with E-state index in [0.717, 1.165) is 6.07 Å². The predicted molar refractivity (Wildman–Crippen MR) is 118 cm³/mol. The van der Waals surface area contributed by atoms with Gasteiger partial charge in [0.05, 0.1) is 18.8 Å². The number of aliphatic hydroxyl groups excluding tert-OH is 1. The quantitative estimate of drug-likeness (QED) is 0.459. The molecular weight excluding hydrogens is 432 g/mol. The van der Waals surface area contributed by atoms with Gasteiger partial charge in [0.1, 0.15) is 41.8 Å². The van der Waals surface area contributed by atoms with Crippen LogP contribution in [0.3, 0.4) is 0 Å². The lowest BCUT2D eigenvalue weighted by Crippen LogP contribution is -2.25. The summed E-state index contributed by atoms with van der Waals surface area (Å²) in [7, 11) is 0. The summed E-state index contributed by atoms with van der Waals surface area (Å²) >= 11 is 0. The van der Waals surface area contributed by atoms with Crippen molar-refractivity contribution >= 4 is 22.9 Å². The van der Waals surface area contributed by atoms with Gasteiger partial charge in [0.2, 0.25) is 5.76 Å². The van der Waals surface area contributed by atoms with Gasteiger partial charge in [-0.05, 0) is 50.2 Å². The molecule has 174 valence electrons. The predicted octanol–water partition coefficient (Wildman–Crippen LogP) is 2.97. The van der Waals surface area contributed by atoms with E-state index in [1.165, 1.54) is 6.07 Å². The first-order chi connectivity index (χ1) is 15.9. The Bertz CT molecular complexity index is 1160. The smallest absolute Gasteiger partial charge is 0.374 e. The minimum Gasteiger partial charge on any atom is -0.491 e. The highest BCUT2D eigenvalue weighted by molar-refractivity contribution is 5.90. The van der Waals surface area contributed by atoms with Crippen LogP contribution in [0.2, 0.25) is 0 Å². The van der Waals surface area contributed by atoms with Crippen molar-refractivity contribution in [3.05, 3.63) is 70.1 Å². The van der Waals surface area contributed by atoms with E-state index < -0.39 is 23.5 Å². The molecule has 0 saturated heterocycles. The van der Waals surface area contributed by atoms with Crippen LogP contribution < -0.4 is 14.9 Å². The van der Waals surface area contributed by atoms with Crippen LogP contribution in [-0.4, -0.2) is 49.6 Å². The van der Waals surface area contributed by atoms with Gasteiger partial charge in [0, 0.05) is 6.07 Å². The number of carbonyl (C=O) groups is 2. The number of carbonyl (C=O) groups excluding carboxylic acids is 2. The lowest BCUT2D eigenvalue weighted by atomic mass is 10.2. The first-order valence-corrected chi connectivity index (χ1v) is 10.4. The Morgan fingerprint density at radius 1 is 0.939 bits per heavy atom. The van der Waals surface area contributed by atoms with E-state index in [-0.39, 0.29) is 48.9 Å². The summed E-state index contributed by atoms with van der Waals surface area (Å²) in [6, 6.07) is 12.1. The van der Waals surface area contributed by atoms with Crippen molar-refractivity contribution in [1.82, 2.24) is 0 Å². The maximum absolute atomic E-state index is 12.5. The molecule has 1 atom stereocenters. The van der Waals surface area contributed by atoms with E-state index in [1.54, 1.807) is 50.2 Å². The molecule has 9 heteroatoms. The zero-order valence-corrected chi connectivity index (χ0v) is 18.2. The van der Waals surface area contributed by atoms with Gasteiger partial charge in [-0.15, -0.1) is 0 Å². The number of ether oxygens (including phenoxy) is 4. The normalized spacial score (nSPS) is 11.6. The standard InChI is InChI=1S/C24H24O9/c1-3-29-23(27)15-8-10-17(11-9-15)31-13-16(25)14-32-19-6-5-7-20-22(19)18(26)12-21(33-20)24(28)30-4-2/h5-12,16,25H,3-4,13-14H2,1-2H3. The Labute approximate surface area is 189 Å². The van der Waals surface area contributed by atoms with Crippen LogP contribution in [0.1, 0.15) is 34.8 Å². The van der Waals surface area contributed by atoms with Gasteiger partial charge in [-0.1, -0.05) is 6.07 Å². The van der Waals surface area contributed by atoms with E-state index in [9.17, 15) is 19.5 Å². The Morgan fingerprint density at radius 3 is 2.30 bits per heavy atom. The Morgan fingerprint density at radius 2 is 1.61 bits per heavy atom. The minimum atomic E-state index is -1.00. The molecule has 0 aliphatic heterocycles. The number of fused-ring (bicyclic) bond motifs is 1. The molecule has 0 amide bonds. The Kier molecular flexibility index (Phi) is 8.04.